The zero-order chi connectivity index (χ0) is 14.8. The summed E-state index contributed by atoms with van der Waals surface area (Å²) in [4.78, 5) is 4.36. The van der Waals surface area contributed by atoms with Crippen LogP contribution in [-0.4, -0.2) is 20.8 Å². The lowest BCUT2D eigenvalue weighted by atomic mass is 10.3. The lowest BCUT2D eigenvalue weighted by molar-refractivity contribution is -0.137. The highest BCUT2D eigenvalue weighted by Crippen LogP contribution is 2.28. The van der Waals surface area contributed by atoms with Gasteiger partial charge in [-0.3, -0.25) is 4.68 Å². The van der Waals surface area contributed by atoms with Gasteiger partial charge in [0.2, 0.25) is 0 Å². The van der Waals surface area contributed by atoms with E-state index in [0.717, 1.165) is 17.4 Å². The van der Waals surface area contributed by atoms with Crippen molar-refractivity contribution in [2.45, 2.75) is 39.2 Å². The summed E-state index contributed by atoms with van der Waals surface area (Å²) in [6.45, 7) is 4.98. The number of halogens is 3. The average molecular weight is 304 g/mol. The van der Waals surface area contributed by atoms with Gasteiger partial charge in [0, 0.05) is 24.2 Å². The van der Waals surface area contributed by atoms with E-state index in [1.54, 1.807) is 0 Å². The molecule has 0 bridgehead atoms. The van der Waals surface area contributed by atoms with Crippen molar-refractivity contribution >= 4 is 11.3 Å². The van der Waals surface area contributed by atoms with E-state index in [9.17, 15) is 13.2 Å². The fraction of sp³-hybridized carbons (Fsp3) is 0.500. The Hall–Kier alpha value is -1.41. The third-order valence-electron chi connectivity index (χ3n) is 2.55. The molecule has 0 radical (unpaired) electrons. The molecule has 8 heteroatoms. The minimum Gasteiger partial charge on any atom is -0.308 e. The van der Waals surface area contributed by atoms with Crippen LogP contribution in [0, 0.1) is 0 Å². The monoisotopic (exact) mass is 304 g/mol. The normalized spacial score (nSPS) is 12.3. The van der Waals surface area contributed by atoms with Crippen LogP contribution in [0.15, 0.2) is 17.8 Å². The van der Waals surface area contributed by atoms with Crippen molar-refractivity contribution in [3.05, 3.63) is 34.0 Å². The Kier molecular flexibility index (Phi) is 4.44. The molecule has 0 aliphatic heterocycles. The fourth-order valence-corrected chi connectivity index (χ4v) is 2.29. The molecule has 2 rings (SSSR count). The first-order valence-electron chi connectivity index (χ1n) is 6.11. The molecule has 20 heavy (non-hydrogen) atoms. The first kappa shape index (κ1) is 15.0. The second-order valence-corrected chi connectivity index (χ2v) is 5.64. The smallest absolute Gasteiger partial charge is 0.308 e. The van der Waals surface area contributed by atoms with Gasteiger partial charge in [-0.1, -0.05) is 13.8 Å². The molecule has 0 unspecified atom stereocenters. The molecule has 0 atom stereocenters. The summed E-state index contributed by atoms with van der Waals surface area (Å²) in [5.41, 5.74) is -0.0261. The van der Waals surface area contributed by atoms with Crippen LogP contribution < -0.4 is 5.32 Å². The van der Waals surface area contributed by atoms with Crippen LogP contribution in [0.1, 0.15) is 30.1 Å². The Labute approximate surface area is 118 Å². The molecule has 4 nitrogen and oxygen atoms in total. The maximum atomic E-state index is 12.4. The van der Waals surface area contributed by atoms with E-state index in [0.29, 0.717) is 18.3 Å². The van der Waals surface area contributed by atoms with E-state index in [1.807, 2.05) is 19.2 Å². The SMILES string of the molecule is CC(C)NCc1nc(Cn2cc(C(F)(F)F)cn2)cs1. The van der Waals surface area contributed by atoms with Gasteiger partial charge in [-0.25, -0.2) is 4.98 Å². The minimum absolute atomic E-state index is 0.244. The quantitative estimate of drug-likeness (QED) is 0.923. The molecule has 0 saturated heterocycles. The predicted octanol–water partition coefficient (Wildman–Crippen LogP) is 2.90. The summed E-state index contributed by atoms with van der Waals surface area (Å²) >= 11 is 1.49. The number of aromatic nitrogens is 3. The van der Waals surface area contributed by atoms with Gasteiger partial charge in [0.15, 0.2) is 0 Å². The topological polar surface area (TPSA) is 42.7 Å². The second-order valence-electron chi connectivity index (χ2n) is 4.69. The van der Waals surface area contributed by atoms with E-state index >= 15 is 0 Å². The largest absolute Gasteiger partial charge is 0.419 e. The predicted molar refractivity (Wildman–Crippen MR) is 70.4 cm³/mol. The van der Waals surface area contributed by atoms with Crippen LogP contribution in [0.5, 0.6) is 0 Å². The molecule has 0 fully saturated rings. The van der Waals surface area contributed by atoms with Gasteiger partial charge in [0.1, 0.15) is 5.01 Å². The molecule has 0 aliphatic carbocycles. The van der Waals surface area contributed by atoms with E-state index in [4.69, 9.17) is 0 Å². The van der Waals surface area contributed by atoms with Crippen molar-refractivity contribution in [2.24, 2.45) is 0 Å². The summed E-state index contributed by atoms with van der Waals surface area (Å²) in [6.07, 6.45) is -2.54. The molecule has 2 heterocycles. The van der Waals surface area contributed by atoms with E-state index in [1.165, 1.54) is 16.0 Å². The second kappa shape index (κ2) is 5.92. The van der Waals surface area contributed by atoms with Crippen LogP contribution in [0.4, 0.5) is 13.2 Å². The Morgan fingerprint density at radius 1 is 1.40 bits per heavy atom. The van der Waals surface area contributed by atoms with Gasteiger partial charge in [-0.05, 0) is 0 Å². The lowest BCUT2D eigenvalue weighted by Gasteiger charge is -2.04. The summed E-state index contributed by atoms with van der Waals surface area (Å²) < 4.78 is 38.6. The third kappa shape index (κ3) is 4.04. The molecule has 0 saturated carbocycles. The van der Waals surface area contributed by atoms with Gasteiger partial charge >= 0.3 is 6.18 Å². The Morgan fingerprint density at radius 3 is 2.75 bits per heavy atom. The Morgan fingerprint density at radius 2 is 2.15 bits per heavy atom. The van der Waals surface area contributed by atoms with Crippen LogP contribution in [0.25, 0.3) is 0 Å². The van der Waals surface area contributed by atoms with Crippen molar-refractivity contribution < 1.29 is 13.2 Å². The molecule has 0 aliphatic rings. The summed E-state index contributed by atoms with van der Waals surface area (Å²) in [6, 6.07) is 0.364. The van der Waals surface area contributed by atoms with Gasteiger partial charge in [-0.2, -0.15) is 18.3 Å². The Balaban J connectivity index is 1.98. The highest BCUT2D eigenvalue weighted by molar-refractivity contribution is 7.09. The number of hydrogen-bond donors (Lipinski definition) is 1. The van der Waals surface area contributed by atoms with Crippen LogP contribution >= 0.6 is 11.3 Å². The maximum absolute atomic E-state index is 12.4. The first-order valence-corrected chi connectivity index (χ1v) is 6.99. The summed E-state index contributed by atoms with van der Waals surface area (Å²) in [5, 5.41) is 9.70. The highest BCUT2D eigenvalue weighted by atomic mass is 32.1. The number of hydrogen-bond acceptors (Lipinski definition) is 4. The average Bonchev–Trinajstić information content (AvgIpc) is 2.95. The van der Waals surface area contributed by atoms with E-state index in [-0.39, 0.29) is 6.54 Å². The molecule has 2 aromatic heterocycles. The third-order valence-corrected chi connectivity index (χ3v) is 3.44. The van der Waals surface area contributed by atoms with Crippen LogP contribution in [-0.2, 0) is 19.3 Å². The standard InChI is InChI=1S/C12H15F3N4S/c1-8(2)16-4-11-18-10(7-20-11)6-19-5-9(3-17-19)12(13,14)15/h3,5,7-8,16H,4,6H2,1-2H3. The Bertz CT molecular complexity index is 559. The number of thiazole rings is 1. The van der Waals surface area contributed by atoms with E-state index in [2.05, 4.69) is 15.4 Å². The zero-order valence-electron chi connectivity index (χ0n) is 11.1. The van der Waals surface area contributed by atoms with Crippen LogP contribution in [0.2, 0.25) is 0 Å². The maximum Gasteiger partial charge on any atom is 0.419 e. The van der Waals surface area contributed by atoms with Gasteiger partial charge in [0.25, 0.3) is 0 Å². The fourth-order valence-electron chi connectivity index (χ4n) is 1.56. The zero-order valence-corrected chi connectivity index (χ0v) is 11.9. The van der Waals surface area contributed by atoms with Crippen molar-refractivity contribution in [3.63, 3.8) is 0 Å². The van der Waals surface area contributed by atoms with Crippen molar-refractivity contribution in [1.82, 2.24) is 20.1 Å². The molecule has 0 amide bonds. The van der Waals surface area contributed by atoms with Crippen molar-refractivity contribution in [3.8, 4) is 0 Å². The lowest BCUT2D eigenvalue weighted by Crippen LogP contribution is -2.21. The van der Waals surface area contributed by atoms with Crippen molar-refractivity contribution in [2.75, 3.05) is 0 Å². The molecule has 2 aromatic rings. The molecular formula is C12H15F3N4S. The van der Waals surface area contributed by atoms with Gasteiger partial charge < -0.3 is 5.32 Å². The van der Waals surface area contributed by atoms with Crippen LogP contribution in [0.3, 0.4) is 0 Å². The molecule has 1 N–H and O–H groups in total. The molecule has 0 spiro atoms. The molecular weight excluding hydrogens is 289 g/mol. The number of nitrogens with one attached hydrogen (secondary N) is 1. The molecule has 0 aromatic carbocycles. The van der Waals surface area contributed by atoms with E-state index < -0.39 is 11.7 Å². The summed E-state index contributed by atoms with van der Waals surface area (Å²) in [7, 11) is 0. The van der Waals surface area contributed by atoms with Gasteiger partial charge in [0.05, 0.1) is 24.0 Å². The number of alkyl halides is 3. The highest BCUT2D eigenvalue weighted by Gasteiger charge is 2.32. The van der Waals surface area contributed by atoms with Crippen molar-refractivity contribution in [1.29, 1.82) is 0 Å². The van der Waals surface area contributed by atoms with Gasteiger partial charge in [-0.15, -0.1) is 11.3 Å². The molecule has 110 valence electrons. The number of rotatable bonds is 5. The summed E-state index contributed by atoms with van der Waals surface area (Å²) in [5.74, 6) is 0. The number of nitrogens with zero attached hydrogens (tertiary/aromatic N) is 3. The minimum atomic E-state index is -4.35. The first-order chi connectivity index (χ1) is 9.34.